The molecule has 1 aliphatic rings. The first-order valence-corrected chi connectivity index (χ1v) is 5.64. The van der Waals surface area contributed by atoms with Crippen molar-refractivity contribution >= 4 is 11.3 Å². The van der Waals surface area contributed by atoms with Crippen LogP contribution in [0.2, 0.25) is 0 Å². The summed E-state index contributed by atoms with van der Waals surface area (Å²) in [6.45, 7) is 2.26. The van der Waals surface area contributed by atoms with Gasteiger partial charge in [0, 0.05) is 6.20 Å². The number of hydrogen-bond donors (Lipinski definition) is 1. The summed E-state index contributed by atoms with van der Waals surface area (Å²) < 4.78 is 0. The number of rotatable bonds is 3. The second-order valence-electron chi connectivity index (χ2n) is 4.29. The van der Waals surface area contributed by atoms with Crippen LogP contribution in [0.25, 0.3) is 0 Å². The van der Waals surface area contributed by atoms with Crippen LogP contribution in [-0.2, 0) is 0 Å². The Labute approximate surface area is 82.6 Å². The molecule has 1 N–H and O–H groups in total. The Morgan fingerprint density at radius 2 is 2.46 bits per heavy atom. The lowest BCUT2D eigenvalue weighted by Crippen LogP contribution is -2.27. The van der Waals surface area contributed by atoms with Gasteiger partial charge in [-0.3, -0.25) is 4.98 Å². The van der Waals surface area contributed by atoms with Crippen LogP contribution in [0.4, 0.5) is 0 Å². The molecule has 0 radical (unpaired) electrons. The Morgan fingerprint density at radius 3 is 2.92 bits per heavy atom. The maximum absolute atomic E-state index is 9.88. The molecule has 72 valence electrons. The zero-order valence-electron chi connectivity index (χ0n) is 7.86. The molecule has 2 rings (SSSR count). The average Bonchev–Trinajstić information content (AvgIpc) is 2.53. The molecule has 1 aromatic heterocycles. The number of aliphatic hydroxyl groups excluding tert-OH is 1. The minimum absolute atomic E-state index is 0.294. The fourth-order valence-electron chi connectivity index (χ4n) is 1.94. The molecule has 0 amide bonds. The first-order chi connectivity index (χ1) is 6.20. The Morgan fingerprint density at radius 1 is 1.69 bits per heavy atom. The molecule has 0 spiro atoms. The summed E-state index contributed by atoms with van der Waals surface area (Å²) in [6.07, 6.45) is 6.24. The van der Waals surface area contributed by atoms with Crippen molar-refractivity contribution in [3.8, 4) is 0 Å². The van der Waals surface area contributed by atoms with Gasteiger partial charge in [-0.15, -0.1) is 11.3 Å². The summed E-state index contributed by atoms with van der Waals surface area (Å²) in [5.41, 5.74) is 2.17. The standard InChI is InChI=1S/C10H15NOS/c1-10(3-2-4-10)5-8(12)9-6-11-7-13-9/h6-8,12H,2-5H2,1H3. The molecule has 1 aromatic rings. The lowest BCUT2D eigenvalue weighted by molar-refractivity contribution is 0.0564. The maximum atomic E-state index is 9.88. The van der Waals surface area contributed by atoms with Crippen LogP contribution >= 0.6 is 11.3 Å². The van der Waals surface area contributed by atoms with Crippen LogP contribution in [0, 0.1) is 5.41 Å². The van der Waals surface area contributed by atoms with E-state index < -0.39 is 0 Å². The smallest absolute Gasteiger partial charge is 0.0903 e. The van der Waals surface area contributed by atoms with Crippen molar-refractivity contribution in [1.29, 1.82) is 0 Å². The lowest BCUT2D eigenvalue weighted by atomic mass is 9.67. The molecular formula is C10H15NOS. The maximum Gasteiger partial charge on any atom is 0.0903 e. The van der Waals surface area contributed by atoms with E-state index in [1.54, 1.807) is 23.0 Å². The predicted octanol–water partition coefficient (Wildman–Crippen LogP) is 2.76. The fraction of sp³-hybridized carbons (Fsp3) is 0.700. The number of aromatic nitrogens is 1. The average molecular weight is 197 g/mol. The van der Waals surface area contributed by atoms with E-state index in [4.69, 9.17) is 0 Å². The highest BCUT2D eigenvalue weighted by molar-refractivity contribution is 7.09. The molecule has 1 atom stereocenters. The molecule has 0 aromatic carbocycles. The van der Waals surface area contributed by atoms with Crippen molar-refractivity contribution in [2.45, 2.75) is 38.7 Å². The van der Waals surface area contributed by atoms with Crippen LogP contribution < -0.4 is 0 Å². The zero-order chi connectivity index (χ0) is 9.31. The summed E-state index contributed by atoms with van der Waals surface area (Å²) in [4.78, 5) is 4.98. The van der Waals surface area contributed by atoms with Crippen LogP contribution in [0.1, 0.15) is 43.6 Å². The lowest BCUT2D eigenvalue weighted by Gasteiger charge is -2.39. The van der Waals surface area contributed by atoms with Crippen LogP contribution in [0.15, 0.2) is 11.7 Å². The molecule has 0 bridgehead atoms. The van der Waals surface area contributed by atoms with E-state index in [0.29, 0.717) is 5.41 Å². The van der Waals surface area contributed by atoms with Gasteiger partial charge in [0.25, 0.3) is 0 Å². The Kier molecular flexibility index (Phi) is 2.39. The number of aliphatic hydroxyl groups is 1. The highest BCUT2D eigenvalue weighted by atomic mass is 32.1. The van der Waals surface area contributed by atoms with Gasteiger partial charge < -0.3 is 5.11 Å². The van der Waals surface area contributed by atoms with Gasteiger partial charge in [-0.2, -0.15) is 0 Å². The molecular weight excluding hydrogens is 182 g/mol. The zero-order valence-corrected chi connectivity index (χ0v) is 8.68. The first kappa shape index (κ1) is 9.16. The molecule has 3 heteroatoms. The summed E-state index contributed by atoms with van der Waals surface area (Å²) in [5.74, 6) is 0. The molecule has 0 saturated heterocycles. The van der Waals surface area contributed by atoms with E-state index in [1.165, 1.54) is 19.3 Å². The van der Waals surface area contributed by atoms with Gasteiger partial charge in [-0.05, 0) is 24.7 Å². The van der Waals surface area contributed by atoms with E-state index in [2.05, 4.69) is 11.9 Å². The third-order valence-electron chi connectivity index (χ3n) is 3.03. The Balaban J connectivity index is 1.95. The van der Waals surface area contributed by atoms with Crippen molar-refractivity contribution in [1.82, 2.24) is 4.98 Å². The number of nitrogens with zero attached hydrogens (tertiary/aromatic N) is 1. The van der Waals surface area contributed by atoms with Crippen molar-refractivity contribution in [3.63, 3.8) is 0 Å². The quantitative estimate of drug-likeness (QED) is 0.808. The van der Waals surface area contributed by atoms with E-state index in [0.717, 1.165) is 11.3 Å². The molecule has 1 fully saturated rings. The summed E-state index contributed by atoms with van der Waals surface area (Å²) in [5, 5.41) is 9.88. The molecule has 1 saturated carbocycles. The molecule has 1 aliphatic carbocycles. The van der Waals surface area contributed by atoms with E-state index in [1.807, 2.05) is 0 Å². The van der Waals surface area contributed by atoms with Crippen molar-refractivity contribution in [2.75, 3.05) is 0 Å². The summed E-state index contributed by atoms with van der Waals surface area (Å²) in [6, 6.07) is 0. The number of hydrogen-bond acceptors (Lipinski definition) is 3. The van der Waals surface area contributed by atoms with Crippen LogP contribution in [0.3, 0.4) is 0 Å². The second-order valence-corrected chi connectivity index (χ2v) is 5.21. The van der Waals surface area contributed by atoms with Crippen molar-refractivity contribution in [2.24, 2.45) is 5.41 Å². The Hall–Kier alpha value is -0.410. The summed E-state index contributed by atoms with van der Waals surface area (Å²) >= 11 is 1.55. The topological polar surface area (TPSA) is 33.1 Å². The largest absolute Gasteiger partial charge is 0.387 e. The molecule has 0 aliphatic heterocycles. The van der Waals surface area contributed by atoms with Gasteiger partial charge in [0.15, 0.2) is 0 Å². The van der Waals surface area contributed by atoms with E-state index in [9.17, 15) is 5.11 Å². The minimum Gasteiger partial charge on any atom is -0.387 e. The van der Waals surface area contributed by atoms with Crippen molar-refractivity contribution in [3.05, 3.63) is 16.6 Å². The third-order valence-corrected chi connectivity index (χ3v) is 3.90. The molecule has 13 heavy (non-hydrogen) atoms. The van der Waals surface area contributed by atoms with Gasteiger partial charge in [0.2, 0.25) is 0 Å². The Bertz CT molecular complexity index is 266. The highest BCUT2D eigenvalue weighted by Crippen LogP contribution is 2.46. The van der Waals surface area contributed by atoms with E-state index in [-0.39, 0.29) is 6.10 Å². The SMILES string of the molecule is CC1(CC(O)c2cncs2)CCC1. The second kappa shape index (κ2) is 3.39. The first-order valence-electron chi connectivity index (χ1n) is 4.76. The van der Waals surface area contributed by atoms with E-state index >= 15 is 0 Å². The van der Waals surface area contributed by atoms with Gasteiger partial charge in [0.05, 0.1) is 16.5 Å². The predicted molar refractivity (Wildman–Crippen MR) is 53.6 cm³/mol. The van der Waals surface area contributed by atoms with Gasteiger partial charge in [0.1, 0.15) is 0 Å². The molecule has 2 nitrogen and oxygen atoms in total. The minimum atomic E-state index is -0.294. The van der Waals surface area contributed by atoms with Gasteiger partial charge >= 0.3 is 0 Å². The summed E-state index contributed by atoms with van der Waals surface area (Å²) in [7, 11) is 0. The normalized spacial score (nSPS) is 22.3. The van der Waals surface area contributed by atoms with Crippen LogP contribution in [0.5, 0.6) is 0 Å². The molecule has 1 unspecified atom stereocenters. The highest BCUT2D eigenvalue weighted by Gasteiger charge is 2.34. The fourth-order valence-corrected chi connectivity index (χ4v) is 2.55. The number of thiazole rings is 1. The van der Waals surface area contributed by atoms with Gasteiger partial charge in [-0.1, -0.05) is 13.3 Å². The molecule has 1 heterocycles. The van der Waals surface area contributed by atoms with Crippen molar-refractivity contribution < 1.29 is 5.11 Å². The van der Waals surface area contributed by atoms with Gasteiger partial charge in [-0.25, -0.2) is 0 Å². The monoisotopic (exact) mass is 197 g/mol. The van der Waals surface area contributed by atoms with Crippen LogP contribution in [-0.4, -0.2) is 10.1 Å². The third kappa shape index (κ3) is 1.92.